The Bertz CT molecular complexity index is 1400. The topological polar surface area (TPSA) is 194 Å². The molecule has 4 aliphatic carbocycles. The van der Waals surface area contributed by atoms with Crippen LogP contribution in [0.2, 0.25) is 0 Å². The van der Waals surface area contributed by atoms with E-state index >= 15 is 4.39 Å². The van der Waals surface area contributed by atoms with Gasteiger partial charge < -0.3 is 35.5 Å². The molecule has 9 atom stereocenters. The molecule has 3 saturated carbocycles. The van der Waals surface area contributed by atoms with Gasteiger partial charge in [-0.3, -0.25) is 14.1 Å². The molecule has 244 valence electrons. The van der Waals surface area contributed by atoms with Crippen LogP contribution in [-0.4, -0.2) is 79.4 Å². The Kier molecular flexibility index (Phi) is 9.55. The first-order valence-electron chi connectivity index (χ1n) is 14.7. The molecule has 0 radical (unpaired) electrons. The van der Waals surface area contributed by atoms with Crippen LogP contribution in [0.3, 0.4) is 0 Å². The minimum absolute atomic E-state index is 0.183. The lowest BCUT2D eigenvalue weighted by Gasteiger charge is -2.63. The van der Waals surface area contributed by atoms with E-state index in [-0.39, 0.29) is 24.4 Å². The van der Waals surface area contributed by atoms with Crippen molar-refractivity contribution in [3.63, 3.8) is 0 Å². The van der Waals surface area contributed by atoms with Crippen LogP contribution in [0.15, 0.2) is 48.1 Å². The lowest BCUT2D eigenvalue weighted by Crippen LogP contribution is -2.69. The molecule has 11 nitrogen and oxygen atoms in total. The van der Waals surface area contributed by atoms with E-state index in [1.807, 2.05) is 0 Å². The predicted molar refractivity (Wildman–Crippen MR) is 158 cm³/mol. The summed E-state index contributed by atoms with van der Waals surface area (Å²) in [5, 5.41) is 42.4. The van der Waals surface area contributed by atoms with Crippen LogP contribution in [0.4, 0.5) is 4.39 Å². The molecule has 0 amide bonds. The van der Waals surface area contributed by atoms with Crippen molar-refractivity contribution < 1.29 is 53.3 Å². The van der Waals surface area contributed by atoms with Gasteiger partial charge in [0.25, 0.3) is 0 Å². The molecule has 1 aromatic rings. The number of ketones is 2. The van der Waals surface area contributed by atoms with E-state index in [0.717, 1.165) is 5.56 Å². The number of rotatable bonds is 7. The smallest absolute Gasteiger partial charge is 0.470 e. The second-order valence-electron chi connectivity index (χ2n) is 13.0. The van der Waals surface area contributed by atoms with Crippen molar-refractivity contribution >= 4 is 19.4 Å². The first-order valence-corrected chi connectivity index (χ1v) is 16.3. The van der Waals surface area contributed by atoms with Gasteiger partial charge in [0.2, 0.25) is 0 Å². The number of phosphoric acid groups is 1. The van der Waals surface area contributed by atoms with Gasteiger partial charge in [0, 0.05) is 23.3 Å². The number of likely N-dealkylation sites (N-methyl/N-ethyl adjacent to an activating group) is 1. The van der Waals surface area contributed by atoms with Crippen molar-refractivity contribution in [3.8, 4) is 5.75 Å². The maximum Gasteiger partial charge on any atom is 0.470 e. The van der Waals surface area contributed by atoms with Gasteiger partial charge in [0.1, 0.15) is 18.0 Å². The zero-order valence-corrected chi connectivity index (χ0v) is 26.2. The second-order valence-corrected chi connectivity index (χ2v) is 14.1. The van der Waals surface area contributed by atoms with Crippen LogP contribution in [0.1, 0.15) is 58.1 Å². The number of hydrogen-bond acceptors (Lipinski definition) is 9. The minimum Gasteiger partial charge on any atom is -0.508 e. The summed E-state index contributed by atoms with van der Waals surface area (Å²) < 4.78 is 34.2. The van der Waals surface area contributed by atoms with Gasteiger partial charge in [-0.1, -0.05) is 37.6 Å². The highest BCUT2D eigenvalue weighted by Gasteiger charge is 2.77. The molecule has 0 aromatic heterocycles. The van der Waals surface area contributed by atoms with E-state index < -0.39 is 72.3 Å². The molecular weight excluding hydrogens is 596 g/mol. The zero-order valence-electron chi connectivity index (χ0n) is 25.3. The molecule has 0 aliphatic heterocycles. The standard InChI is InChI=1S/C22H30FO8P.C9H13NO2/c1-12-8-16-15-5-4-13-9-14(25)6-7-19(13,2)21(15,23)17(26)10-20(16,3)22(12,18(27)11-24)31-32(28,29)30;1-10-6-9(12)7-3-2-4-8(11)5-7/h6-7,9,12,15-17,24,26H,4-5,8,10-11H2,1-3H3,(H2,28,29,30);2-5,9-12H,6H2,1H3/t12-,15+,16+,17+,19+,20+,21+,22+;9-/m10/s1. The molecule has 7 N–H and O–H groups in total. The molecule has 0 spiro atoms. The molecule has 4 aliphatic rings. The average Bonchev–Trinajstić information content (AvgIpc) is 3.15. The van der Waals surface area contributed by atoms with Crippen molar-refractivity contribution in [2.75, 3.05) is 20.2 Å². The van der Waals surface area contributed by atoms with Crippen LogP contribution in [-0.2, 0) is 18.7 Å². The van der Waals surface area contributed by atoms with Crippen LogP contribution in [0.5, 0.6) is 5.75 Å². The Morgan fingerprint density at radius 1 is 1.25 bits per heavy atom. The molecule has 0 unspecified atom stereocenters. The molecular formula is C31H43FNO10P. The summed E-state index contributed by atoms with van der Waals surface area (Å²) in [6.07, 6.45) is 2.79. The molecule has 44 heavy (non-hydrogen) atoms. The summed E-state index contributed by atoms with van der Waals surface area (Å²) in [7, 11) is -3.40. The van der Waals surface area contributed by atoms with Crippen molar-refractivity contribution in [2.45, 2.75) is 69.9 Å². The van der Waals surface area contributed by atoms with E-state index in [0.29, 0.717) is 25.0 Å². The van der Waals surface area contributed by atoms with Gasteiger partial charge in [-0.2, -0.15) is 0 Å². The number of Topliss-reactive ketones (excluding diaryl/α,β-unsaturated/α-hetero) is 1. The van der Waals surface area contributed by atoms with Crippen molar-refractivity contribution in [1.82, 2.24) is 5.32 Å². The zero-order chi connectivity index (χ0) is 32.9. The number of halogens is 1. The molecule has 0 heterocycles. The average molecular weight is 640 g/mol. The van der Waals surface area contributed by atoms with E-state index in [1.165, 1.54) is 18.2 Å². The summed E-state index contributed by atoms with van der Waals surface area (Å²) in [5.41, 5.74) is -5.41. The molecule has 5 rings (SSSR count). The lowest BCUT2D eigenvalue weighted by molar-refractivity contribution is -0.217. The number of allylic oxidation sites excluding steroid dienone is 4. The monoisotopic (exact) mass is 639 g/mol. The van der Waals surface area contributed by atoms with Crippen LogP contribution in [0, 0.1) is 28.6 Å². The van der Waals surface area contributed by atoms with Gasteiger partial charge in [-0.05, 0) is 81.3 Å². The fraction of sp³-hybridized carbons (Fsp3) is 0.613. The Balaban J connectivity index is 0.000000309. The van der Waals surface area contributed by atoms with E-state index in [4.69, 9.17) is 9.63 Å². The summed E-state index contributed by atoms with van der Waals surface area (Å²) in [6.45, 7) is 4.36. The predicted octanol–water partition coefficient (Wildman–Crippen LogP) is 2.66. The van der Waals surface area contributed by atoms with Crippen molar-refractivity contribution in [1.29, 1.82) is 0 Å². The van der Waals surface area contributed by atoms with Gasteiger partial charge in [-0.25, -0.2) is 8.96 Å². The number of benzene rings is 1. The molecule has 0 bridgehead atoms. The number of aliphatic hydroxyl groups is 3. The highest BCUT2D eigenvalue weighted by molar-refractivity contribution is 7.46. The number of alkyl halides is 1. The number of aromatic hydroxyl groups is 1. The Morgan fingerprint density at radius 3 is 2.52 bits per heavy atom. The molecule has 3 fully saturated rings. The first-order chi connectivity index (χ1) is 20.4. The largest absolute Gasteiger partial charge is 0.508 e. The third-order valence-corrected chi connectivity index (χ3v) is 11.2. The third kappa shape index (κ3) is 5.43. The minimum atomic E-state index is -5.17. The Hall–Kier alpha value is -2.28. The summed E-state index contributed by atoms with van der Waals surface area (Å²) in [4.78, 5) is 44.2. The quantitative estimate of drug-likeness (QED) is 0.217. The number of phenols is 1. The van der Waals surface area contributed by atoms with E-state index in [1.54, 1.807) is 52.1 Å². The van der Waals surface area contributed by atoms with Crippen molar-refractivity contribution in [2.24, 2.45) is 28.6 Å². The number of carbonyl (C=O) groups excluding carboxylic acids is 2. The van der Waals surface area contributed by atoms with E-state index in [9.17, 15) is 39.3 Å². The summed E-state index contributed by atoms with van der Waals surface area (Å²) in [6, 6.07) is 6.63. The number of phosphoric ester groups is 1. The maximum absolute atomic E-state index is 17.1. The highest BCUT2D eigenvalue weighted by atomic mass is 31.2. The molecule has 1 aromatic carbocycles. The van der Waals surface area contributed by atoms with Gasteiger partial charge in [-0.15, -0.1) is 0 Å². The Labute approximate surface area is 256 Å². The van der Waals surface area contributed by atoms with Crippen LogP contribution >= 0.6 is 7.82 Å². The lowest BCUT2D eigenvalue weighted by atomic mass is 9.44. The number of fused-ring (bicyclic) bond motifs is 5. The number of hydrogen-bond donors (Lipinski definition) is 7. The SMILES string of the molecule is CNC[C@H](O)c1cccc(O)c1.C[C@@H]1C[C@H]2[C@@H]3CCC4=CC(=O)C=C[C@]4(C)[C@@]3(F)[C@@H](O)C[C@]2(C)[C@@]1(OP(=O)(O)O)C(=O)CO. The maximum atomic E-state index is 17.1. The highest BCUT2D eigenvalue weighted by Crippen LogP contribution is 2.72. The first kappa shape index (κ1) is 34.6. The summed E-state index contributed by atoms with van der Waals surface area (Å²) in [5.74, 6) is -2.95. The van der Waals surface area contributed by atoms with Gasteiger partial charge >= 0.3 is 7.82 Å². The number of phenolic OH excluding ortho intramolecular Hbond substituents is 1. The van der Waals surface area contributed by atoms with Crippen molar-refractivity contribution in [3.05, 3.63) is 53.6 Å². The normalized spacial score (nSPS) is 38.4. The van der Waals surface area contributed by atoms with Gasteiger partial charge in [0.15, 0.2) is 17.2 Å². The van der Waals surface area contributed by atoms with E-state index in [2.05, 4.69) is 5.32 Å². The third-order valence-electron chi connectivity index (χ3n) is 10.7. The fourth-order valence-corrected chi connectivity index (χ4v) is 9.58. The van der Waals surface area contributed by atoms with Crippen LogP contribution in [0.25, 0.3) is 0 Å². The number of nitrogens with one attached hydrogen (secondary N) is 1. The van der Waals surface area contributed by atoms with Crippen LogP contribution < -0.4 is 5.32 Å². The fourth-order valence-electron chi connectivity index (χ4n) is 8.72. The molecule has 13 heteroatoms. The molecule has 0 saturated heterocycles. The summed E-state index contributed by atoms with van der Waals surface area (Å²) >= 11 is 0. The van der Waals surface area contributed by atoms with Gasteiger partial charge in [0.05, 0.1) is 12.2 Å². The number of aliphatic hydroxyl groups excluding tert-OH is 3. The number of carbonyl (C=O) groups is 2. The Morgan fingerprint density at radius 2 is 1.93 bits per heavy atom. The second kappa shape index (κ2) is 12.1.